The second-order valence-electron chi connectivity index (χ2n) is 16.4. The topological polar surface area (TPSA) is 3.24 Å². The molecular formula is C61H41N. The number of hydrogen-bond donors (Lipinski definition) is 0. The molecule has 0 atom stereocenters. The number of anilines is 3. The molecule has 290 valence electrons. The van der Waals surface area contributed by atoms with Crippen LogP contribution in [0.15, 0.2) is 249 Å². The van der Waals surface area contributed by atoms with Crippen molar-refractivity contribution in [1.29, 1.82) is 0 Å². The zero-order valence-electron chi connectivity index (χ0n) is 34.1. The lowest BCUT2D eigenvalue weighted by Crippen LogP contribution is -2.28. The first kappa shape index (κ1) is 35.9. The largest absolute Gasteiger partial charge is 0.310 e. The van der Waals surface area contributed by atoms with Gasteiger partial charge in [-0.3, -0.25) is 0 Å². The Morgan fingerprint density at radius 3 is 1.06 bits per heavy atom. The molecule has 1 heteroatoms. The summed E-state index contributed by atoms with van der Waals surface area (Å²) in [7, 11) is 0. The Bertz CT molecular complexity index is 3220. The average Bonchev–Trinajstić information content (AvgIpc) is 3.66. The maximum absolute atomic E-state index is 2.42. The number of fused-ring (bicyclic) bond motifs is 11. The van der Waals surface area contributed by atoms with Gasteiger partial charge in [0, 0.05) is 17.1 Å². The van der Waals surface area contributed by atoms with Crippen LogP contribution in [0.4, 0.5) is 17.1 Å². The zero-order chi connectivity index (χ0) is 41.0. The van der Waals surface area contributed by atoms with Gasteiger partial charge in [0.25, 0.3) is 0 Å². The Morgan fingerprint density at radius 2 is 0.565 bits per heavy atom. The third-order valence-electron chi connectivity index (χ3n) is 13.2. The molecule has 2 aliphatic rings. The van der Waals surface area contributed by atoms with Gasteiger partial charge in [-0.05, 0) is 125 Å². The minimum absolute atomic E-state index is 0.467. The van der Waals surface area contributed by atoms with Crippen LogP contribution in [0.25, 0.3) is 66.8 Å². The van der Waals surface area contributed by atoms with E-state index >= 15 is 0 Å². The van der Waals surface area contributed by atoms with Gasteiger partial charge in [-0.25, -0.2) is 0 Å². The molecule has 0 bridgehead atoms. The normalized spacial score (nSPS) is 12.6. The highest BCUT2D eigenvalue weighted by molar-refractivity contribution is 6.04. The fourth-order valence-electron chi connectivity index (χ4n) is 10.4. The van der Waals surface area contributed by atoms with Crippen LogP contribution < -0.4 is 4.90 Å². The van der Waals surface area contributed by atoms with E-state index in [9.17, 15) is 0 Å². The Hall–Kier alpha value is -8.00. The summed E-state index contributed by atoms with van der Waals surface area (Å²) in [6, 6.07) is 91.7. The summed E-state index contributed by atoms with van der Waals surface area (Å²) >= 11 is 0. The molecule has 0 saturated heterocycles. The summed E-state index contributed by atoms with van der Waals surface area (Å²) < 4.78 is 0. The van der Waals surface area contributed by atoms with Crippen molar-refractivity contribution < 1.29 is 0 Å². The number of nitrogens with zero attached hydrogens (tertiary/aromatic N) is 1. The van der Waals surface area contributed by atoms with E-state index in [4.69, 9.17) is 0 Å². The molecule has 1 nitrogen and oxygen atoms in total. The third-order valence-corrected chi connectivity index (χ3v) is 13.2. The van der Waals surface area contributed by atoms with E-state index in [2.05, 4.69) is 254 Å². The van der Waals surface area contributed by atoms with Crippen LogP contribution in [0.1, 0.15) is 22.3 Å². The third kappa shape index (κ3) is 5.56. The quantitative estimate of drug-likeness (QED) is 0.162. The minimum atomic E-state index is -0.467. The standard InChI is InChI=1S/C61H41N/c1-3-17-42(18-4-1)43-31-35-46(36-32-43)62(48-39-40-55-53-25-10-9-23-51(53)49-21-7-8-22-50(49)52-24-11-12-26-54(52)58(55)41-48)47-37-33-45(34-38-47)61(44-19-5-2-6-20-44)59-29-15-13-27-56(59)57-28-14-16-30-60(57)61/h1-41H. The van der Waals surface area contributed by atoms with Gasteiger partial charge in [0.2, 0.25) is 0 Å². The van der Waals surface area contributed by atoms with Gasteiger partial charge < -0.3 is 4.90 Å². The number of rotatable bonds is 6. The van der Waals surface area contributed by atoms with Crippen LogP contribution in [0, 0.1) is 0 Å². The Kier molecular flexibility index (Phi) is 8.47. The molecule has 62 heavy (non-hydrogen) atoms. The summed E-state index contributed by atoms with van der Waals surface area (Å²) in [6.07, 6.45) is 0. The highest BCUT2D eigenvalue weighted by atomic mass is 15.1. The Balaban J connectivity index is 1.06. The van der Waals surface area contributed by atoms with Gasteiger partial charge in [-0.2, -0.15) is 0 Å². The van der Waals surface area contributed by atoms with Crippen LogP contribution in [0.5, 0.6) is 0 Å². The molecule has 10 aromatic carbocycles. The highest BCUT2D eigenvalue weighted by Crippen LogP contribution is 2.56. The van der Waals surface area contributed by atoms with Crippen LogP contribution in [-0.4, -0.2) is 0 Å². The van der Waals surface area contributed by atoms with Crippen molar-refractivity contribution in [2.75, 3.05) is 4.90 Å². The molecule has 0 aromatic heterocycles. The van der Waals surface area contributed by atoms with E-state index in [1.165, 1.54) is 89.0 Å². The van der Waals surface area contributed by atoms with Gasteiger partial charge in [0.15, 0.2) is 0 Å². The second-order valence-corrected chi connectivity index (χ2v) is 16.4. The molecule has 0 radical (unpaired) electrons. The lowest BCUT2D eigenvalue weighted by molar-refractivity contribution is 0.768. The summed E-state index contributed by atoms with van der Waals surface area (Å²) in [5.74, 6) is 0. The first-order valence-corrected chi connectivity index (χ1v) is 21.5. The first-order chi connectivity index (χ1) is 30.8. The van der Waals surface area contributed by atoms with Gasteiger partial charge in [-0.15, -0.1) is 0 Å². The van der Waals surface area contributed by atoms with Crippen LogP contribution in [0.3, 0.4) is 0 Å². The molecule has 10 aromatic rings. The van der Waals surface area contributed by atoms with E-state index in [0.717, 1.165) is 17.1 Å². The van der Waals surface area contributed by atoms with Crippen molar-refractivity contribution in [3.05, 3.63) is 271 Å². The zero-order valence-corrected chi connectivity index (χ0v) is 34.1. The maximum atomic E-state index is 2.42. The number of benzene rings is 10. The predicted octanol–water partition coefficient (Wildman–Crippen LogP) is 16.2. The lowest BCUT2D eigenvalue weighted by Gasteiger charge is -2.34. The molecule has 0 saturated carbocycles. The van der Waals surface area contributed by atoms with Crippen molar-refractivity contribution in [3.63, 3.8) is 0 Å². The average molecular weight is 788 g/mol. The molecule has 2 aliphatic carbocycles. The van der Waals surface area contributed by atoms with Crippen molar-refractivity contribution >= 4 is 17.1 Å². The fraction of sp³-hybridized carbons (Fsp3) is 0.0164. The Morgan fingerprint density at radius 1 is 0.226 bits per heavy atom. The minimum Gasteiger partial charge on any atom is -0.310 e. The van der Waals surface area contributed by atoms with Gasteiger partial charge in [0.05, 0.1) is 5.41 Å². The van der Waals surface area contributed by atoms with Crippen molar-refractivity contribution in [2.45, 2.75) is 5.41 Å². The van der Waals surface area contributed by atoms with E-state index in [1.54, 1.807) is 0 Å². The van der Waals surface area contributed by atoms with Crippen LogP contribution in [-0.2, 0) is 5.41 Å². The van der Waals surface area contributed by atoms with E-state index in [1.807, 2.05) is 0 Å². The molecule has 0 spiro atoms. The van der Waals surface area contributed by atoms with Crippen molar-refractivity contribution in [1.82, 2.24) is 0 Å². The smallest absolute Gasteiger partial charge is 0.0713 e. The molecule has 0 fully saturated rings. The molecule has 0 N–H and O–H groups in total. The predicted molar refractivity (Wildman–Crippen MR) is 259 cm³/mol. The van der Waals surface area contributed by atoms with Crippen molar-refractivity contribution in [3.8, 4) is 66.8 Å². The highest BCUT2D eigenvalue weighted by Gasteiger charge is 2.45. The monoisotopic (exact) mass is 787 g/mol. The van der Waals surface area contributed by atoms with E-state index in [0.29, 0.717) is 0 Å². The van der Waals surface area contributed by atoms with Gasteiger partial charge in [-0.1, -0.05) is 212 Å². The van der Waals surface area contributed by atoms with Crippen LogP contribution in [0.2, 0.25) is 0 Å². The van der Waals surface area contributed by atoms with Gasteiger partial charge in [0.1, 0.15) is 0 Å². The first-order valence-electron chi connectivity index (χ1n) is 21.5. The summed E-state index contributed by atoms with van der Waals surface area (Å²) in [6.45, 7) is 0. The summed E-state index contributed by atoms with van der Waals surface area (Å²) in [4.78, 5) is 2.42. The van der Waals surface area contributed by atoms with Crippen molar-refractivity contribution in [2.24, 2.45) is 0 Å². The molecular weight excluding hydrogens is 747 g/mol. The summed E-state index contributed by atoms with van der Waals surface area (Å²) in [5.41, 5.74) is 22.8. The summed E-state index contributed by atoms with van der Waals surface area (Å²) in [5, 5.41) is 0. The molecule has 0 aliphatic heterocycles. The lowest BCUT2D eigenvalue weighted by atomic mass is 9.68. The molecule has 12 rings (SSSR count). The number of hydrogen-bond acceptors (Lipinski definition) is 1. The molecule has 0 unspecified atom stereocenters. The molecule has 0 amide bonds. The Labute approximate surface area is 363 Å². The second kappa shape index (κ2) is 14.6. The van der Waals surface area contributed by atoms with Crippen LogP contribution >= 0.6 is 0 Å². The van der Waals surface area contributed by atoms with Gasteiger partial charge >= 0.3 is 0 Å². The SMILES string of the molecule is c1ccc(-c2ccc(N(c3ccc(C4(c5ccccc5)c5ccccc5-c5ccccc54)cc3)c3ccc4c(c3)-c3ccccc3-c3ccccc3-c3ccccc3-4)cc2)cc1. The van der Waals surface area contributed by atoms with E-state index in [-0.39, 0.29) is 0 Å². The van der Waals surface area contributed by atoms with E-state index < -0.39 is 5.41 Å². The molecule has 0 heterocycles. The maximum Gasteiger partial charge on any atom is 0.0713 e. The fourth-order valence-corrected chi connectivity index (χ4v) is 10.4.